The van der Waals surface area contributed by atoms with Crippen molar-refractivity contribution in [3.05, 3.63) is 54.5 Å². The molecule has 48 heavy (non-hydrogen) atoms. The lowest BCUT2D eigenvalue weighted by atomic mass is 10.0. The molecule has 3 heterocycles. The van der Waals surface area contributed by atoms with E-state index < -0.39 is 61.7 Å². The van der Waals surface area contributed by atoms with Gasteiger partial charge in [-0.05, 0) is 44.0 Å². The molecule has 1 unspecified atom stereocenters. The lowest BCUT2D eigenvalue weighted by Crippen LogP contribution is -2.41. The van der Waals surface area contributed by atoms with E-state index in [0.717, 1.165) is 25.7 Å². The second-order valence-corrected chi connectivity index (χ2v) is 13.8. The Kier molecular flexibility index (Phi) is 11.1. The van der Waals surface area contributed by atoms with Gasteiger partial charge in [-0.2, -0.15) is 10.2 Å². The molecule has 0 amide bonds. The molecule has 1 saturated carbocycles. The van der Waals surface area contributed by atoms with E-state index in [9.17, 15) is 24.4 Å². The second kappa shape index (κ2) is 14.9. The number of anilines is 1. The average molecular weight is 690 g/mol. The molecule has 1 aromatic carbocycles. The molecule has 16 heteroatoms. The van der Waals surface area contributed by atoms with E-state index in [1.54, 1.807) is 30.3 Å². The number of nitrogens with zero attached hydrogens (tertiary/aromatic N) is 3. The quantitative estimate of drug-likeness (QED) is 0.0855. The van der Waals surface area contributed by atoms with E-state index >= 15 is 0 Å². The van der Waals surface area contributed by atoms with Crippen LogP contribution in [0.5, 0.6) is 5.75 Å². The van der Waals surface area contributed by atoms with Crippen LogP contribution in [0.3, 0.4) is 0 Å². The molecule has 0 spiro atoms. The van der Waals surface area contributed by atoms with E-state index in [-0.39, 0.29) is 24.8 Å². The first-order valence-electron chi connectivity index (χ1n) is 16.3. The van der Waals surface area contributed by atoms with Crippen molar-refractivity contribution in [3.63, 3.8) is 0 Å². The number of para-hydroxylation sites is 1. The molecule has 1 saturated heterocycles. The molecule has 5 rings (SSSR count). The summed E-state index contributed by atoms with van der Waals surface area (Å²) in [4.78, 5) is 30.0. The average Bonchev–Trinajstić information content (AvgIpc) is 3.32. The maximum atomic E-state index is 14.6. The number of esters is 2. The fourth-order valence-corrected chi connectivity index (χ4v) is 7.69. The number of nitrogens with one attached hydrogen (secondary N) is 1. The van der Waals surface area contributed by atoms with Gasteiger partial charge in [0.2, 0.25) is 0 Å². The van der Waals surface area contributed by atoms with E-state index in [0.29, 0.717) is 24.1 Å². The van der Waals surface area contributed by atoms with Crippen LogP contribution in [0.1, 0.15) is 77.5 Å². The summed E-state index contributed by atoms with van der Waals surface area (Å²) in [5.41, 5.74) is 3.22. The van der Waals surface area contributed by atoms with Gasteiger partial charge in [-0.1, -0.05) is 57.7 Å². The van der Waals surface area contributed by atoms with Crippen LogP contribution in [-0.4, -0.2) is 79.4 Å². The summed E-state index contributed by atoms with van der Waals surface area (Å²) >= 11 is 0. The molecule has 0 bridgehead atoms. The van der Waals surface area contributed by atoms with E-state index in [2.05, 4.69) is 15.2 Å². The Morgan fingerprint density at radius 1 is 1.08 bits per heavy atom. The van der Waals surface area contributed by atoms with Crippen LogP contribution in [0.15, 0.2) is 48.8 Å². The van der Waals surface area contributed by atoms with Gasteiger partial charge in [0.15, 0.2) is 11.4 Å². The summed E-state index contributed by atoms with van der Waals surface area (Å²) in [5, 5.41) is 29.9. The first-order chi connectivity index (χ1) is 23.0. The van der Waals surface area contributed by atoms with Crippen molar-refractivity contribution in [3.8, 4) is 5.75 Å². The Morgan fingerprint density at radius 2 is 1.77 bits per heavy atom. The second-order valence-electron chi connectivity index (χ2n) is 12.2. The van der Waals surface area contributed by atoms with E-state index in [1.807, 2.05) is 13.8 Å². The number of benzene rings is 1. The van der Waals surface area contributed by atoms with Crippen molar-refractivity contribution in [1.29, 1.82) is 0 Å². The predicted octanol–water partition coefficient (Wildman–Crippen LogP) is 3.63. The highest BCUT2D eigenvalue weighted by Gasteiger charge is 2.87. The smallest absolute Gasteiger partial charge is 0.459 e. The summed E-state index contributed by atoms with van der Waals surface area (Å²) in [6, 6.07) is 9.87. The number of unbranched alkanes of at least 4 members (excludes halogenated alkanes) is 4. The minimum absolute atomic E-state index is 0.0912. The first-order valence-corrected chi connectivity index (χ1v) is 17.8. The van der Waals surface area contributed by atoms with Crippen molar-refractivity contribution in [2.75, 3.05) is 18.9 Å². The third-order valence-electron chi connectivity index (χ3n) is 8.71. The van der Waals surface area contributed by atoms with Crippen LogP contribution in [0.25, 0.3) is 5.52 Å². The Labute approximate surface area is 278 Å². The number of hydrogen-bond acceptors (Lipinski definition) is 13. The molecule has 15 nitrogen and oxygen atoms in total. The van der Waals surface area contributed by atoms with Gasteiger partial charge >= 0.3 is 19.7 Å². The molecule has 2 aliphatic rings. The lowest BCUT2D eigenvalue weighted by molar-refractivity contribution is -0.152. The number of ether oxygens (including phenoxy) is 3. The molecule has 2 fully saturated rings. The Bertz CT molecular complexity index is 1630. The summed E-state index contributed by atoms with van der Waals surface area (Å²) in [6.45, 7) is 5.78. The van der Waals surface area contributed by atoms with Gasteiger partial charge in [-0.15, -0.1) is 0 Å². The number of nitrogens with two attached hydrogens (primary N) is 1. The summed E-state index contributed by atoms with van der Waals surface area (Å²) in [5.74, 6) is -1.23. The minimum atomic E-state index is -4.63. The maximum Gasteiger partial charge on any atom is 0.459 e. The van der Waals surface area contributed by atoms with Crippen molar-refractivity contribution >= 4 is 31.0 Å². The zero-order valence-corrected chi connectivity index (χ0v) is 28.2. The van der Waals surface area contributed by atoms with Gasteiger partial charge in [0.05, 0.1) is 25.3 Å². The monoisotopic (exact) mass is 689 g/mol. The standard InChI is InChI=1S/C32H44N5O10P/c1-4-6-11-17-43-25(38)19-22(29(40)44-18-12-7-5-2)36-48(42,46-21-13-9-8-10-14-21)47-30-31(3)32(30,41)27(39)26(45-31)23-15-16-24-28(33)34-20-35-37(23)24/h8-10,13-16,20,22,26-27,30,39,41H,4-7,11-12,17-19H2,1-3H3,(H,36,42)(H2,33,34,35)/t22-,26-,27-,30?,31+,32+,48-/m0/s1. The number of nitrogen functional groups attached to an aromatic ring is 1. The normalized spacial score (nSPS) is 26.4. The topological polar surface area (TPSA) is 206 Å². The SMILES string of the molecule is CCCCCOC(=O)C[C@H](N[P@](=O)(Oc1ccccc1)OC1[C@@]2(C)O[C@@H](c3ccc4c(N)ncnn34)[C@H](O)[C@@]12O)C(=O)OCCCCC. The maximum absolute atomic E-state index is 14.6. The Hall–Kier alpha value is -3.59. The van der Waals surface area contributed by atoms with Crippen molar-refractivity contribution in [2.24, 2.45) is 0 Å². The third-order valence-corrected chi connectivity index (χ3v) is 10.3. The molecule has 1 aliphatic heterocycles. The van der Waals surface area contributed by atoms with E-state index in [1.165, 1.54) is 29.9 Å². The highest BCUT2D eigenvalue weighted by molar-refractivity contribution is 7.52. The lowest BCUT2D eigenvalue weighted by Gasteiger charge is -2.27. The number of aliphatic hydroxyl groups is 2. The number of hydrogen-bond donors (Lipinski definition) is 4. The van der Waals surface area contributed by atoms with Crippen LogP contribution in [-0.2, 0) is 32.9 Å². The van der Waals surface area contributed by atoms with Crippen LogP contribution in [0, 0.1) is 0 Å². The summed E-state index contributed by atoms with van der Waals surface area (Å²) in [7, 11) is -4.63. The number of rotatable bonds is 18. The summed E-state index contributed by atoms with van der Waals surface area (Å²) in [6.07, 6.45) is 1.50. The van der Waals surface area contributed by atoms with Gasteiger partial charge in [0.1, 0.15) is 47.5 Å². The third kappa shape index (κ3) is 7.21. The van der Waals surface area contributed by atoms with Gasteiger partial charge in [-0.3, -0.25) is 14.1 Å². The highest BCUT2D eigenvalue weighted by atomic mass is 31.2. The largest absolute Gasteiger partial charge is 0.466 e. The predicted molar refractivity (Wildman–Crippen MR) is 173 cm³/mol. The molecule has 2 aromatic heterocycles. The minimum Gasteiger partial charge on any atom is -0.466 e. The fraction of sp³-hybridized carbons (Fsp3) is 0.562. The molecular weight excluding hydrogens is 645 g/mol. The van der Waals surface area contributed by atoms with Crippen LogP contribution < -0.4 is 15.3 Å². The zero-order valence-electron chi connectivity index (χ0n) is 27.3. The Morgan fingerprint density at radius 3 is 2.42 bits per heavy atom. The molecule has 5 N–H and O–H groups in total. The van der Waals surface area contributed by atoms with Crippen molar-refractivity contribution in [2.45, 2.75) is 101 Å². The number of aromatic nitrogens is 3. The summed E-state index contributed by atoms with van der Waals surface area (Å²) < 4.78 is 44.7. The van der Waals surface area contributed by atoms with Crippen LogP contribution in [0.2, 0.25) is 0 Å². The highest BCUT2D eigenvalue weighted by Crippen LogP contribution is 2.68. The van der Waals surface area contributed by atoms with Gasteiger partial charge in [0.25, 0.3) is 0 Å². The van der Waals surface area contributed by atoms with Gasteiger partial charge < -0.3 is 34.7 Å². The number of fused-ring (bicyclic) bond motifs is 2. The van der Waals surface area contributed by atoms with Crippen LogP contribution in [0.4, 0.5) is 5.82 Å². The molecular formula is C32H44N5O10P. The number of carbonyl (C=O) groups is 2. The van der Waals surface area contributed by atoms with Crippen molar-refractivity contribution < 1.29 is 47.6 Å². The Balaban J connectivity index is 1.37. The fourth-order valence-electron chi connectivity index (χ4n) is 5.92. The van der Waals surface area contributed by atoms with Crippen molar-refractivity contribution in [1.82, 2.24) is 19.7 Å². The van der Waals surface area contributed by atoms with Gasteiger partial charge in [-0.25, -0.2) is 14.1 Å². The molecule has 7 atom stereocenters. The molecule has 3 aromatic rings. The molecule has 1 aliphatic carbocycles. The first kappa shape index (κ1) is 35.7. The van der Waals surface area contributed by atoms with Crippen LogP contribution >= 0.6 is 7.75 Å². The molecule has 262 valence electrons. The zero-order chi connectivity index (χ0) is 34.5. The molecule has 0 radical (unpaired) electrons. The van der Waals surface area contributed by atoms with Gasteiger partial charge in [0, 0.05) is 0 Å². The number of carbonyl (C=O) groups excluding carboxylic acids is 2. The van der Waals surface area contributed by atoms with E-state index in [4.69, 9.17) is 29.0 Å². The number of aliphatic hydroxyl groups excluding tert-OH is 1.